The molecule has 1 rings (SSSR count). The first-order valence-corrected chi connectivity index (χ1v) is 7.02. The van der Waals surface area contributed by atoms with Gasteiger partial charge < -0.3 is 14.8 Å². The van der Waals surface area contributed by atoms with Gasteiger partial charge in [0.05, 0.1) is 12.7 Å². The fourth-order valence-corrected chi connectivity index (χ4v) is 1.94. The van der Waals surface area contributed by atoms with Crippen molar-refractivity contribution in [2.45, 2.75) is 64.5 Å². The predicted molar refractivity (Wildman–Crippen MR) is 71.4 cm³/mol. The van der Waals surface area contributed by atoms with Gasteiger partial charge in [0.2, 0.25) is 0 Å². The van der Waals surface area contributed by atoms with Crippen molar-refractivity contribution in [1.82, 2.24) is 5.32 Å². The first-order valence-electron chi connectivity index (χ1n) is 7.02. The number of ether oxygens (including phenoxy) is 2. The fourth-order valence-electron chi connectivity index (χ4n) is 1.94. The topological polar surface area (TPSA) is 30.5 Å². The molecule has 1 heterocycles. The first kappa shape index (κ1) is 14.9. The molecule has 1 aliphatic rings. The zero-order valence-electron chi connectivity index (χ0n) is 11.8. The lowest BCUT2D eigenvalue weighted by Crippen LogP contribution is -2.36. The third-order valence-electron chi connectivity index (χ3n) is 2.97. The van der Waals surface area contributed by atoms with Crippen LogP contribution in [0.5, 0.6) is 0 Å². The van der Waals surface area contributed by atoms with Gasteiger partial charge in [0.15, 0.2) is 0 Å². The molecule has 3 nitrogen and oxygen atoms in total. The third kappa shape index (κ3) is 8.58. The van der Waals surface area contributed by atoms with Crippen LogP contribution in [0.3, 0.4) is 0 Å². The van der Waals surface area contributed by atoms with Gasteiger partial charge in [0, 0.05) is 18.8 Å². The summed E-state index contributed by atoms with van der Waals surface area (Å²) in [5.41, 5.74) is 0.256. The second-order valence-corrected chi connectivity index (χ2v) is 5.95. The quantitative estimate of drug-likeness (QED) is 0.665. The van der Waals surface area contributed by atoms with Gasteiger partial charge in [-0.3, -0.25) is 0 Å². The number of unbranched alkanes of at least 4 members (excludes halogenated alkanes) is 3. The molecular formula is C14H29NO2. The maximum Gasteiger partial charge on any atom is 0.0830 e. The van der Waals surface area contributed by atoms with Crippen molar-refractivity contribution in [2.24, 2.45) is 0 Å². The molecule has 1 saturated heterocycles. The molecule has 0 spiro atoms. The summed E-state index contributed by atoms with van der Waals surface area (Å²) < 4.78 is 11.0. The SMILES string of the molecule is CC(C)(C)NCCCCCCOC1CCOC1. The van der Waals surface area contributed by atoms with E-state index in [4.69, 9.17) is 9.47 Å². The van der Waals surface area contributed by atoms with Crippen LogP contribution in [0.1, 0.15) is 52.9 Å². The minimum atomic E-state index is 0.256. The van der Waals surface area contributed by atoms with Crippen molar-refractivity contribution in [3.8, 4) is 0 Å². The van der Waals surface area contributed by atoms with Gasteiger partial charge in [-0.2, -0.15) is 0 Å². The summed E-state index contributed by atoms with van der Waals surface area (Å²) in [7, 11) is 0. The minimum absolute atomic E-state index is 0.256. The molecule has 0 radical (unpaired) electrons. The lowest BCUT2D eigenvalue weighted by Gasteiger charge is -2.20. The van der Waals surface area contributed by atoms with Crippen LogP contribution in [0, 0.1) is 0 Å². The Morgan fingerprint density at radius 3 is 2.59 bits per heavy atom. The number of nitrogens with one attached hydrogen (secondary N) is 1. The minimum Gasteiger partial charge on any atom is -0.379 e. The Hall–Kier alpha value is -0.120. The Bertz CT molecular complexity index is 183. The highest BCUT2D eigenvalue weighted by Gasteiger charge is 2.15. The van der Waals surface area contributed by atoms with Crippen LogP contribution in [0.2, 0.25) is 0 Å². The summed E-state index contributed by atoms with van der Waals surface area (Å²) in [5.74, 6) is 0. The molecule has 1 N–H and O–H groups in total. The van der Waals surface area contributed by atoms with E-state index < -0.39 is 0 Å². The summed E-state index contributed by atoms with van der Waals surface area (Å²) in [5, 5.41) is 3.51. The highest BCUT2D eigenvalue weighted by atomic mass is 16.5. The molecule has 0 saturated carbocycles. The molecule has 3 heteroatoms. The summed E-state index contributed by atoms with van der Waals surface area (Å²) in [6.45, 7) is 10.3. The van der Waals surface area contributed by atoms with Gasteiger partial charge in [-0.25, -0.2) is 0 Å². The number of hydrogen-bond acceptors (Lipinski definition) is 3. The summed E-state index contributed by atoms with van der Waals surface area (Å²) in [6.07, 6.45) is 6.48. The van der Waals surface area contributed by atoms with E-state index in [-0.39, 0.29) is 5.54 Å². The Labute approximate surface area is 106 Å². The molecule has 0 aliphatic carbocycles. The van der Waals surface area contributed by atoms with Crippen molar-refractivity contribution in [1.29, 1.82) is 0 Å². The molecule has 1 fully saturated rings. The fraction of sp³-hybridized carbons (Fsp3) is 1.00. The van der Waals surface area contributed by atoms with E-state index in [0.29, 0.717) is 6.10 Å². The highest BCUT2D eigenvalue weighted by molar-refractivity contribution is 4.69. The van der Waals surface area contributed by atoms with Crippen molar-refractivity contribution >= 4 is 0 Å². The molecule has 102 valence electrons. The van der Waals surface area contributed by atoms with Gasteiger partial charge in [0.25, 0.3) is 0 Å². The van der Waals surface area contributed by atoms with Crippen LogP contribution in [0.25, 0.3) is 0 Å². The average Bonchev–Trinajstić information content (AvgIpc) is 2.73. The molecule has 1 atom stereocenters. The van der Waals surface area contributed by atoms with Crippen LogP contribution in [0.4, 0.5) is 0 Å². The third-order valence-corrected chi connectivity index (χ3v) is 2.97. The molecule has 1 aliphatic heterocycles. The largest absolute Gasteiger partial charge is 0.379 e. The second kappa shape index (κ2) is 8.06. The lowest BCUT2D eigenvalue weighted by molar-refractivity contribution is 0.0406. The first-order chi connectivity index (χ1) is 8.08. The Kier molecular flexibility index (Phi) is 7.09. The Balaban J connectivity index is 1.78. The van der Waals surface area contributed by atoms with Crippen molar-refractivity contribution in [2.75, 3.05) is 26.4 Å². The van der Waals surface area contributed by atoms with Crippen LogP contribution >= 0.6 is 0 Å². The monoisotopic (exact) mass is 243 g/mol. The molecule has 0 aromatic rings. The normalized spacial score (nSPS) is 21.0. The van der Waals surface area contributed by atoms with Crippen LogP contribution in [-0.2, 0) is 9.47 Å². The lowest BCUT2D eigenvalue weighted by atomic mass is 10.1. The molecule has 1 unspecified atom stereocenters. The maximum absolute atomic E-state index is 5.72. The molecular weight excluding hydrogens is 214 g/mol. The Morgan fingerprint density at radius 2 is 1.94 bits per heavy atom. The van der Waals surface area contributed by atoms with Crippen LogP contribution < -0.4 is 5.32 Å². The smallest absolute Gasteiger partial charge is 0.0830 e. The van der Waals surface area contributed by atoms with E-state index in [1.807, 2.05) is 0 Å². The number of hydrogen-bond donors (Lipinski definition) is 1. The average molecular weight is 243 g/mol. The van der Waals surface area contributed by atoms with E-state index in [2.05, 4.69) is 26.1 Å². The molecule has 0 bridgehead atoms. The maximum atomic E-state index is 5.72. The summed E-state index contributed by atoms with van der Waals surface area (Å²) in [6, 6.07) is 0. The zero-order chi connectivity index (χ0) is 12.6. The summed E-state index contributed by atoms with van der Waals surface area (Å²) in [4.78, 5) is 0. The second-order valence-electron chi connectivity index (χ2n) is 5.95. The predicted octanol–water partition coefficient (Wildman–Crippen LogP) is 2.74. The van der Waals surface area contributed by atoms with Gasteiger partial charge >= 0.3 is 0 Å². The van der Waals surface area contributed by atoms with E-state index in [1.54, 1.807) is 0 Å². The summed E-state index contributed by atoms with van der Waals surface area (Å²) >= 11 is 0. The molecule has 0 amide bonds. The van der Waals surface area contributed by atoms with Gasteiger partial charge in [-0.15, -0.1) is 0 Å². The van der Waals surface area contributed by atoms with Gasteiger partial charge in [-0.1, -0.05) is 12.8 Å². The number of rotatable bonds is 8. The van der Waals surface area contributed by atoms with E-state index in [1.165, 1.54) is 25.7 Å². The molecule has 0 aromatic carbocycles. The van der Waals surface area contributed by atoms with Gasteiger partial charge in [0.1, 0.15) is 0 Å². The van der Waals surface area contributed by atoms with E-state index >= 15 is 0 Å². The molecule has 0 aromatic heterocycles. The molecule has 17 heavy (non-hydrogen) atoms. The van der Waals surface area contributed by atoms with Gasteiger partial charge in [-0.05, 0) is 46.6 Å². The van der Waals surface area contributed by atoms with Crippen molar-refractivity contribution in [3.63, 3.8) is 0 Å². The van der Waals surface area contributed by atoms with Crippen LogP contribution in [-0.4, -0.2) is 38.0 Å². The standard InChI is InChI=1S/C14H29NO2/c1-14(2,3)15-9-6-4-5-7-10-17-13-8-11-16-12-13/h13,15H,4-12H2,1-3H3. The van der Waals surface area contributed by atoms with E-state index in [9.17, 15) is 0 Å². The van der Waals surface area contributed by atoms with E-state index in [0.717, 1.165) is 32.8 Å². The van der Waals surface area contributed by atoms with Crippen molar-refractivity contribution < 1.29 is 9.47 Å². The van der Waals surface area contributed by atoms with Crippen LogP contribution in [0.15, 0.2) is 0 Å². The zero-order valence-corrected chi connectivity index (χ0v) is 11.8. The Morgan fingerprint density at radius 1 is 1.18 bits per heavy atom. The highest BCUT2D eigenvalue weighted by Crippen LogP contribution is 2.09. The van der Waals surface area contributed by atoms with Crippen molar-refractivity contribution in [3.05, 3.63) is 0 Å².